The lowest BCUT2D eigenvalue weighted by Crippen LogP contribution is -2.06. The molecule has 2 heterocycles. The zero-order valence-electron chi connectivity index (χ0n) is 13.3. The van der Waals surface area contributed by atoms with Crippen molar-refractivity contribution in [3.63, 3.8) is 0 Å². The van der Waals surface area contributed by atoms with E-state index in [0.29, 0.717) is 11.8 Å². The Morgan fingerprint density at radius 1 is 1.13 bits per heavy atom. The number of halogens is 2. The summed E-state index contributed by atoms with van der Waals surface area (Å²) < 4.78 is 0. The molecule has 1 atom stereocenters. The second kappa shape index (κ2) is 6.18. The van der Waals surface area contributed by atoms with Crippen LogP contribution in [0.3, 0.4) is 0 Å². The molecule has 3 aromatic rings. The molecule has 1 aliphatic rings. The lowest BCUT2D eigenvalue weighted by Gasteiger charge is -2.17. The second-order valence-corrected chi connectivity index (χ2v) is 6.80. The van der Waals surface area contributed by atoms with Crippen molar-refractivity contribution in [2.24, 2.45) is 5.92 Å². The fraction of sp³-hybridized carbons (Fsp3) is 0.316. The summed E-state index contributed by atoms with van der Waals surface area (Å²) in [7, 11) is 0. The van der Waals surface area contributed by atoms with E-state index in [-0.39, 0.29) is 12.4 Å². The van der Waals surface area contributed by atoms with Gasteiger partial charge in [0.15, 0.2) is 0 Å². The highest BCUT2D eigenvalue weighted by Gasteiger charge is 2.35. The van der Waals surface area contributed by atoms with Gasteiger partial charge in [-0.2, -0.15) is 0 Å². The van der Waals surface area contributed by atoms with E-state index in [4.69, 9.17) is 16.6 Å². The molecule has 1 unspecified atom stereocenters. The van der Waals surface area contributed by atoms with Crippen LogP contribution in [-0.2, 0) is 0 Å². The summed E-state index contributed by atoms with van der Waals surface area (Å²) in [6, 6.07) is 10.4. The smallest absolute Gasteiger partial charge is 0.0721 e. The van der Waals surface area contributed by atoms with Crippen molar-refractivity contribution in [3.8, 4) is 0 Å². The van der Waals surface area contributed by atoms with E-state index < -0.39 is 0 Å². The number of H-pyrrole nitrogens is 1. The van der Waals surface area contributed by atoms with E-state index in [0.717, 1.165) is 5.02 Å². The van der Waals surface area contributed by atoms with E-state index >= 15 is 0 Å². The van der Waals surface area contributed by atoms with Gasteiger partial charge in [-0.05, 0) is 61.9 Å². The predicted octanol–water partition coefficient (Wildman–Crippen LogP) is 5.80. The highest BCUT2D eigenvalue weighted by Crippen LogP contribution is 2.47. The number of rotatable bonds is 3. The van der Waals surface area contributed by atoms with Crippen molar-refractivity contribution in [3.05, 3.63) is 64.1 Å². The van der Waals surface area contributed by atoms with Gasteiger partial charge in [-0.3, -0.25) is 4.98 Å². The Morgan fingerprint density at radius 2 is 1.83 bits per heavy atom. The van der Waals surface area contributed by atoms with Gasteiger partial charge in [0, 0.05) is 28.2 Å². The van der Waals surface area contributed by atoms with Gasteiger partial charge in [0.05, 0.1) is 11.2 Å². The Bertz CT molecular complexity index is 832. The monoisotopic (exact) mass is 346 g/mol. The van der Waals surface area contributed by atoms with Crippen molar-refractivity contribution in [2.45, 2.75) is 32.6 Å². The highest BCUT2D eigenvalue weighted by molar-refractivity contribution is 6.30. The molecule has 2 aromatic heterocycles. The number of aromatic nitrogens is 2. The number of hydrogen-bond acceptors (Lipinski definition) is 1. The normalized spacial score (nSPS) is 15.4. The average Bonchev–Trinajstić information content (AvgIpc) is 3.30. The van der Waals surface area contributed by atoms with Crippen molar-refractivity contribution in [1.82, 2.24) is 9.97 Å². The Morgan fingerprint density at radius 3 is 2.48 bits per heavy atom. The second-order valence-electron chi connectivity index (χ2n) is 6.36. The quantitative estimate of drug-likeness (QED) is 0.638. The molecule has 4 heteroatoms. The first-order valence-corrected chi connectivity index (χ1v) is 8.22. The van der Waals surface area contributed by atoms with Crippen LogP contribution >= 0.6 is 24.0 Å². The van der Waals surface area contributed by atoms with Gasteiger partial charge in [0.1, 0.15) is 0 Å². The molecular formula is C19H20Cl2N2. The standard InChI is InChI=1S/C19H19ClN2.ClH/c1-11-12(2)22-18-16(11)9-10-21-19(18)17(13-3-4-13)14-5-7-15(20)8-6-14;/h5-10,13,17,22H,3-4H2,1-2H3;1H. The van der Waals surface area contributed by atoms with Crippen LogP contribution in [-0.4, -0.2) is 9.97 Å². The van der Waals surface area contributed by atoms with E-state index in [1.807, 2.05) is 18.3 Å². The molecule has 0 saturated heterocycles. The van der Waals surface area contributed by atoms with Crippen LogP contribution in [0.5, 0.6) is 0 Å². The Kier molecular flexibility index (Phi) is 4.39. The summed E-state index contributed by atoms with van der Waals surface area (Å²) in [5.74, 6) is 1.06. The predicted molar refractivity (Wildman–Crippen MR) is 98.8 cm³/mol. The van der Waals surface area contributed by atoms with Crippen LogP contribution in [0.15, 0.2) is 36.5 Å². The number of aromatic amines is 1. The average molecular weight is 347 g/mol. The van der Waals surface area contributed by atoms with E-state index in [9.17, 15) is 0 Å². The van der Waals surface area contributed by atoms with Gasteiger partial charge >= 0.3 is 0 Å². The minimum Gasteiger partial charge on any atom is -0.357 e. The topological polar surface area (TPSA) is 28.7 Å². The third kappa shape index (κ3) is 2.86. The van der Waals surface area contributed by atoms with E-state index in [2.05, 4.69) is 37.0 Å². The molecule has 0 radical (unpaired) electrons. The van der Waals surface area contributed by atoms with Gasteiger partial charge in [-0.25, -0.2) is 0 Å². The third-order valence-corrected chi connectivity index (χ3v) is 5.13. The molecule has 4 rings (SSSR count). The van der Waals surface area contributed by atoms with Gasteiger partial charge in [0.2, 0.25) is 0 Å². The fourth-order valence-electron chi connectivity index (χ4n) is 3.39. The number of benzene rings is 1. The first-order chi connectivity index (χ1) is 10.6. The van der Waals surface area contributed by atoms with Crippen LogP contribution in [0.2, 0.25) is 5.02 Å². The summed E-state index contributed by atoms with van der Waals surface area (Å²) in [5, 5.41) is 2.08. The van der Waals surface area contributed by atoms with Crippen LogP contribution < -0.4 is 0 Å². The SMILES string of the molecule is Cc1[nH]c2c(C(c3ccc(Cl)cc3)C3CC3)nccc2c1C.Cl. The summed E-state index contributed by atoms with van der Waals surface area (Å²) in [6.45, 7) is 4.31. The lowest BCUT2D eigenvalue weighted by molar-refractivity contribution is 0.687. The third-order valence-electron chi connectivity index (χ3n) is 4.88. The van der Waals surface area contributed by atoms with Gasteiger partial charge in [-0.1, -0.05) is 23.7 Å². The number of fused-ring (bicyclic) bond motifs is 1. The molecule has 0 spiro atoms. The molecule has 0 bridgehead atoms. The highest BCUT2D eigenvalue weighted by atomic mass is 35.5. The van der Waals surface area contributed by atoms with Crippen molar-refractivity contribution in [2.75, 3.05) is 0 Å². The van der Waals surface area contributed by atoms with Crippen LogP contribution in [0, 0.1) is 19.8 Å². The van der Waals surface area contributed by atoms with E-state index in [1.165, 1.54) is 46.3 Å². The molecule has 1 fully saturated rings. The first kappa shape index (κ1) is 16.4. The minimum absolute atomic E-state index is 0. The maximum Gasteiger partial charge on any atom is 0.0721 e. The number of nitrogens with one attached hydrogen (secondary N) is 1. The number of nitrogens with zero attached hydrogens (tertiary/aromatic N) is 1. The largest absolute Gasteiger partial charge is 0.357 e. The van der Waals surface area contributed by atoms with Crippen molar-refractivity contribution < 1.29 is 0 Å². The summed E-state index contributed by atoms with van der Waals surface area (Å²) in [5.41, 5.74) is 6.25. The van der Waals surface area contributed by atoms with Crippen LogP contribution in [0.1, 0.15) is 41.3 Å². The molecule has 0 amide bonds. The maximum absolute atomic E-state index is 6.05. The summed E-state index contributed by atoms with van der Waals surface area (Å²) >= 11 is 6.05. The minimum atomic E-state index is 0. The first-order valence-electron chi connectivity index (χ1n) is 7.84. The summed E-state index contributed by atoms with van der Waals surface area (Å²) in [4.78, 5) is 8.31. The lowest BCUT2D eigenvalue weighted by atomic mass is 9.89. The molecule has 0 aliphatic heterocycles. The van der Waals surface area contributed by atoms with Crippen LogP contribution in [0.4, 0.5) is 0 Å². The summed E-state index contributed by atoms with van der Waals surface area (Å²) in [6.07, 6.45) is 4.51. The van der Waals surface area contributed by atoms with Crippen molar-refractivity contribution >= 4 is 34.9 Å². The van der Waals surface area contributed by atoms with Gasteiger partial charge in [0.25, 0.3) is 0 Å². The van der Waals surface area contributed by atoms with Gasteiger partial charge in [-0.15, -0.1) is 12.4 Å². The molecule has 1 aliphatic carbocycles. The Hall–Kier alpha value is -1.51. The zero-order valence-corrected chi connectivity index (χ0v) is 14.8. The molecule has 1 saturated carbocycles. The fourth-order valence-corrected chi connectivity index (χ4v) is 3.52. The molecular weight excluding hydrogens is 327 g/mol. The maximum atomic E-state index is 6.05. The zero-order chi connectivity index (χ0) is 15.3. The Balaban J connectivity index is 0.00000156. The van der Waals surface area contributed by atoms with Crippen LogP contribution in [0.25, 0.3) is 10.9 Å². The van der Waals surface area contributed by atoms with E-state index in [1.54, 1.807) is 0 Å². The molecule has 1 N–H and O–H groups in total. The molecule has 1 aromatic carbocycles. The number of aryl methyl sites for hydroxylation is 2. The number of pyridine rings is 1. The molecule has 120 valence electrons. The molecule has 23 heavy (non-hydrogen) atoms. The Labute approximate surface area is 147 Å². The van der Waals surface area contributed by atoms with Gasteiger partial charge < -0.3 is 4.98 Å². The molecule has 2 nitrogen and oxygen atoms in total. The number of hydrogen-bond donors (Lipinski definition) is 1. The van der Waals surface area contributed by atoms with Crippen molar-refractivity contribution in [1.29, 1.82) is 0 Å².